The van der Waals surface area contributed by atoms with E-state index in [9.17, 15) is 4.79 Å². The molecule has 0 spiro atoms. The van der Waals surface area contributed by atoms with E-state index in [1.165, 1.54) is 29.4 Å². The third kappa shape index (κ3) is 4.60. The molecule has 0 saturated carbocycles. The Morgan fingerprint density at radius 2 is 2.00 bits per heavy atom. The number of hydrogen-bond donors (Lipinski definition) is 1. The number of nitrogens with zero attached hydrogens (tertiary/aromatic N) is 3. The van der Waals surface area contributed by atoms with Gasteiger partial charge < -0.3 is 10.1 Å². The predicted octanol–water partition coefficient (Wildman–Crippen LogP) is 5.27. The Morgan fingerprint density at radius 1 is 1.17 bits per heavy atom. The van der Waals surface area contributed by atoms with Crippen molar-refractivity contribution in [2.24, 2.45) is 0 Å². The average molecular weight is 437 g/mol. The Kier molecular flexibility index (Phi) is 6.25. The highest BCUT2D eigenvalue weighted by molar-refractivity contribution is 8.00. The van der Waals surface area contributed by atoms with E-state index < -0.39 is 0 Å². The second kappa shape index (κ2) is 9.23. The number of rotatable bonds is 7. The van der Waals surface area contributed by atoms with Crippen LogP contribution in [-0.4, -0.2) is 33.2 Å². The maximum atomic E-state index is 12.9. The minimum Gasteiger partial charge on any atom is -0.497 e. The molecule has 4 aromatic rings. The molecule has 0 fully saturated rings. The van der Waals surface area contributed by atoms with Gasteiger partial charge in [0.05, 0.1) is 28.3 Å². The molecule has 1 amide bonds. The minimum atomic E-state index is -0.287. The molecule has 2 aromatic heterocycles. The molecule has 0 saturated heterocycles. The number of nitrogens with one attached hydrogen (secondary N) is 1. The molecule has 1 unspecified atom stereocenters. The predicted molar refractivity (Wildman–Crippen MR) is 122 cm³/mol. The van der Waals surface area contributed by atoms with Crippen LogP contribution >= 0.6 is 23.1 Å². The van der Waals surface area contributed by atoms with Crippen molar-refractivity contribution in [2.45, 2.75) is 23.6 Å². The molecule has 4 rings (SSSR count). The average Bonchev–Trinajstić information content (AvgIpc) is 3.19. The number of hydrogen-bond acceptors (Lipinski definition) is 7. The van der Waals surface area contributed by atoms with Gasteiger partial charge in [0.15, 0.2) is 5.13 Å². The number of carbonyl (C=O) groups is 1. The van der Waals surface area contributed by atoms with Gasteiger partial charge in [0.1, 0.15) is 17.1 Å². The normalized spacial score (nSPS) is 11.9. The van der Waals surface area contributed by atoms with E-state index in [0.29, 0.717) is 11.6 Å². The zero-order valence-electron chi connectivity index (χ0n) is 16.5. The third-order valence-corrected chi connectivity index (χ3v) is 6.69. The van der Waals surface area contributed by atoms with Crippen molar-refractivity contribution in [3.05, 3.63) is 60.9 Å². The van der Waals surface area contributed by atoms with Crippen LogP contribution in [0.5, 0.6) is 5.75 Å². The summed E-state index contributed by atoms with van der Waals surface area (Å²) in [7, 11) is 1.63. The lowest BCUT2D eigenvalue weighted by atomic mass is 10.1. The molecule has 1 atom stereocenters. The molecule has 0 aliphatic heterocycles. The molecule has 0 radical (unpaired) electrons. The number of benzene rings is 2. The van der Waals surface area contributed by atoms with Gasteiger partial charge in [0.2, 0.25) is 5.91 Å². The maximum absolute atomic E-state index is 12.9. The second-order valence-electron chi connectivity index (χ2n) is 6.46. The number of amides is 1. The molecule has 2 heterocycles. The standard InChI is InChI=1S/C22H20N4O2S2/c1-3-18(29-20-12-17(23-13-24-20)14-7-5-4-6-8-14)21(27)26-22-25-16-10-9-15(28-2)11-19(16)30-22/h4-13,18H,3H2,1-2H3,(H,25,26,27). The lowest BCUT2D eigenvalue weighted by Gasteiger charge is -2.13. The fraction of sp³-hybridized carbons (Fsp3) is 0.182. The first-order chi connectivity index (χ1) is 14.7. The summed E-state index contributed by atoms with van der Waals surface area (Å²) in [6.45, 7) is 1.99. The fourth-order valence-electron chi connectivity index (χ4n) is 2.91. The number of methoxy groups -OCH3 is 1. The van der Waals surface area contributed by atoms with Crippen molar-refractivity contribution in [1.82, 2.24) is 15.0 Å². The molecule has 0 aliphatic rings. The van der Waals surface area contributed by atoms with Crippen LogP contribution in [0.25, 0.3) is 21.5 Å². The molecular formula is C22H20N4O2S2. The van der Waals surface area contributed by atoms with Crippen LogP contribution in [0.4, 0.5) is 5.13 Å². The molecule has 152 valence electrons. The number of aromatic nitrogens is 3. The van der Waals surface area contributed by atoms with Crippen molar-refractivity contribution in [1.29, 1.82) is 0 Å². The first kappa shape index (κ1) is 20.3. The van der Waals surface area contributed by atoms with E-state index in [2.05, 4.69) is 20.3 Å². The Morgan fingerprint density at radius 3 is 2.77 bits per heavy atom. The van der Waals surface area contributed by atoms with Gasteiger partial charge in [-0.15, -0.1) is 0 Å². The zero-order valence-corrected chi connectivity index (χ0v) is 18.2. The van der Waals surface area contributed by atoms with Crippen LogP contribution < -0.4 is 10.1 Å². The summed E-state index contributed by atoms with van der Waals surface area (Å²) in [5.41, 5.74) is 2.69. The molecule has 0 bridgehead atoms. The van der Waals surface area contributed by atoms with E-state index in [1.54, 1.807) is 7.11 Å². The quantitative estimate of drug-likeness (QED) is 0.314. The summed E-state index contributed by atoms with van der Waals surface area (Å²) >= 11 is 2.86. The third-order valence-electron chi connectivity index (χ3n) is 4.46. The van der Waals surface area contributed by atoms with E-state index >= 15 is 0 Å². The molecule has 8 heteroatoms. The summed E-state index contributed by atoms with van der Waals surface area (Å²) in [6, 6.07) is 17.5. The number of thiazole rings is 1. The highest BCUT2D eigenvalue weighted by Gasteiger charge is 2.20. The van der Waals surface area contributed by atoms with Crippen molar-refractivity contribution < 1.29 is 9.53 Å². The largest absolute Gasteiger partial charge is 0.497 e. The van der Waals surface area contributed by atoms with Gasteiger partial charge in [-0.2, -0.15) is 0 Å². The van der Waals surface area contributed by atoms with Gasteiger partial charge in [-0.3, -0.25) is 4.79 Å². The SMILES string of the molecule is CCC(Sc1cc(-c2ccccc2)ncn1)C(=O)Nc1nc2ccc(OC)cc2s1. The summed E-state index contributed by atoms with van der Waals surface area (Å²) in [4.78, 5) is 26.1. The van der Waals surface area contributed by atoms with E-state index in [4.69, 9.17) is 4.74 Å². The van der Waals surface area contributed by atoms with E-state index in [0.717, 1.165) is 32.2 Å². The van der Waals surface area contributed by atoms with Crippen molar-refractivity contribution in [2.75, 3.05) is 12.4 Å². The fourth-order valence-corrected chi connectivity index (χ4v) is 4.72. The van der Waals surface area contributed by atoms with Gasteiger partial charge >= 0.3 is 0 Å². The van der Waals surface area contributed by atoms with Gasteiger partial charge in [-0.1, -0.05) is 60.4 Å². The maximum Gasteiger partial charge on any atom is 0.239 e. The molecule has 0 aliphatic carbocycles. The summed E-state index contributed by atoms with van der Waals surface area (Å²) < 4.78 is 6.22. The van der Waals surface area contributed by atoms with E-state index in [-0.39, 0.29) is 11.2 Å². The van der Waals surface area contributed by atoms with Crippen molar-refractivity contribution >= 4 is 44.4 Å². The smallest absolute Gasteiger partial charge is 0.239 e. The van der Waals surface area contributed by atoms with Crippen LogP contribution in [0, 0.1) is 0 Å². The Balaban J connectivity index is 1.48. The molecular weight excluding hydrogens is 416 g/mol. The molecule has 1 N–H and O–H groups in total. The van der Waals surface area contributed by atoms with Gasteiger partial charge in [0, 0.05) is 5.56 Å². The first-order valence-corrected chi connectivity index (χ1v) is 11.2. The highest BCUT2D eigenvalue weighted by Crippen LogP contribution is 2.31. The summed E-state index contributed by atoms with van der Waals surface area (Å²) in [6.07, 6.45) is 2.20. The van der Waals surface area contributed by atoms with Gasteiger partial charge in [0.25, 0.3) is 0 Å². The number of anilines is 1. The van der Waals surface area contributed by atoms with Crippen molar-refractivity contribution in [3.8, 4) is 17.0 Å². The van der Waals surface area contributed by atoms with Crippen LogP contribution in [0.3, 0.4) is 0 Å². The van der Waals surface area contributed by atoms with Gasteiger partial charge in [-0.25, -0.2) is 15.0 Å². The molecule has 2 aromatic carbocycles. The first-order valence-electron chi connectivity index (χ1n) is 9.46. The van der Waals surface area contributed by atoms with Crippen LogP contribution in [0.1, 0.15) is 13.3 Å². The molecule has 30 heavy (non-hydrogen) atoms. The van der Waals surface area contributed by atoms with E-state index in [1.807, 2.05) is 61.5 Å². The summed E-state index contributed by atoms with van der Waals surface area (Å²) in [5, 5.41) is 4.01. The Labute approximate surface area is 182 Å². The Hall–Kier alpha value is -2.97. The second-order valence-corrected chi connectivity index (χ2v) is 8.72. The summed E-state index contributed by atoms with van der Waals surface area (Å²) in [5.74, 6) is 0.678. The number of fused-ring (bicyclic) bond motifs is 1. The van der Waals surface area contributed by atoms with Crippen LogP contribution in [-0.2, 0) is 4.79 Å². The number of thioether (sulfide) groups is 1. The monoisotopic (exact) mass is 436 g/mol. The minimum absolute atomic E-state index is 0.0894. The zero-order chi connectivity index (χ0) is 20.9. The Bertz CT molecular complexity index is 1160. The highest BCUT2D eigenvalue weighted by atomic mass is 32.2. The van der Waals surface area contributed by atoms with Crippen molar-refractivity contribution in [3.63, 3.8) is 0 Å². The molecule has 6 nitrogen and oxygen atoms in total. The van der Waals surface area contributed by atoms with Gasteiger partial charge in [-0.05, 0) is 30.7 Å². The number of carbonyl (C=O) groups excluding carboxylic acids is 1. The van der Waals surface area contributed by atoms with Crippen LogP contribution in [0.15, 0.2) is 66.0 Å². The number of ether oxygens (including phenoxy) is 1. The van der Waals surface area contributed by atoms with Crippen LogP contribution in [0.2, 0.25) is 0 Å². The lowest BCUT2D eigenvalue weighted by molar-refractivity contribution is -0.115. The lowest BCUT2D eigenvalue weighted by Crippen LogP contribution is -2.24. The topological polar surface area (TPSA) is 77.0 Å².